The van der Waals surface area contributed by atoms with E-state index in [-0.39, 0.29) is 24.7 Å². The molecule has 1 heterocycles. The van der Waals surface area contributed by atoms with E-state index in [0.717, 1.165) is 21.3 Å². The molecule has 3 rings (SSSR count). The van der Waals surface area contributed by atoms with Gasteiger partial charge in [0.2, 0.25) is 5.95 Å². The largest absolute Gasteiger partial charge is 0.573 e. The molecule has 0 spiro atoms. The number of aromatic nitrogens is 3. The second-order valence-electron chi connectivity index (χ2n) is 6.29. The average Bonchev–Trinajstić information content (AvgIpc) is 2.68. The molecule has 0 bridgehead atoms. The Balaban J connectivity index is 2.02. The molecule has 164 valence electrons. The molecule has 0 aliphatic carbocycles. The lowest BCUT2D eigenvalue weighted by molar-refractivity contribution is -0.274. The number of hydrogen-bond donors (Lipinski definition) is 2. The average molecular weight is 457 g/mol. The van der Waals surface area contributed by atoms with E-state index < -0.39 is 30.1 Å². The molecule has 0 amide bonds. The quantitative estimate of drug-likeness (QED) is 0.567. The molecule has 0 fully saturated rings. The molecule has 2 aromatic carbocycles. The lowest BCUT2D eigenvalue weighted by atomic mass is 10.2. The van der Waals surface area contributed by atoms with Crippen LogP contribution in [0.3, 0.4) is 0 Å². The van der Waals surface area contributed by atoms with Crippen LogP contribution in [0.25, 0.3) is 0 Å². The second kappa shape index (κ2) is 9.23. The smallest absolute Gasteiger partial charge is 0.406 e. The molecule has 8 nitrogen and oxygen atoms in total. The van der Waals surface area contributed by atoms with Crippen molar-refractivity contribution in [1.82, 2.24) is 14.1 Å². The number of alkyl halides is 3. The van der Waals surface area contributed by atoms with Gasteiger partial charge in [0.15, 0.2) is 0 Å². The molecular weight excluding hydrogens is 441 g/mol. The Morgan fingerprint density at radius 1 is 1.10 bits per heavy atom. The van der Waals surface area contributed by atoms with Gasteiger partial charge in [-0.25, -0.2) is 14.2 Å². The minimum Gasteiger partial charge on any atom is -0.406 e. The summed E-state index contributed by atoms with van der Waals surface area (Å²) in [5.74, 6) is -0.680. The van der Waals surface area contributed by atoms with Crippen LogP contribution < -0.4 is 21.4 Å². The predicted octanol–water partition coefficient (Wildman–Crippen LogP) is 2.74. The summed E-state index contributed by atoms with van der Waals surface area (Å²) in [4.78, 5) is 28.9. The molecule has 0 unspecified atom stereocenters. The first-order chi connectivity index (χ1) is 14.7. The van der Waals surface area contributed by atoms with Crippen LogP contribution in [0.4, 0.5) is 24.8 Å². The van der Waals surface area contributed by atoms with E-state index in [9.17, 15) is 22.8 Å². The summed E-state index contributed by atoms with van der Waals surface area (Å²) >= 11 is 5.87. The maximum absolute atomic E-state index is 12.9. The minimum atomic E-state index is -4.88. The van der Waals surface area contributed by atoms with E-state index in [2.05, 4.69) is 15.0 Å². The van der Waals surface area contributed by atoms with Gasteiger partial charge in [-0.2, -0.15) is 4.98 Å². The number of benzene rings is 2. The van der Waals surface area contributed by atoms with E-state index in [1.807, 2.05) is 0 Å². The van der Waals surface area contributed by atoms with Crippen LogP contribution in [0.5, 0.6) is 5.75 Å². The van der Waals surface area contributed by atoms with Gasteiger partial charge in [-0.05, 0) is 29.8 Å². The number of rotatable bonds is 7. The number of anilines is 2. The monoisotopic (exact) mass is 456 g/mol. The number of hydrogen-bond acceptors (Lipinski definition) is 6. The van der Waals surface area contributed by atoms with E-state index >= 15 is 0 Å². The zero-order valence-electron chi connectivity index (χ0n) is 15.8. The minimum absolute atomic E-state index is 0.0181. The molecule has 0 saturated carbocycles. The van der Waals surface area contributed by atoms with Crippen LogP contribution in [0.1, 0.15) is 5.56 Å². The fourth-order valence-corrected chi connectivity index (χ4v) is 2.86. The highest BCUT2D eigenvalue weighted by molar-refractivity contribution is 6.30. The van der Waals surface area contributed by atoms with Crippen molar-refractivity contribution in [3.63, 3.8) is 0 Å². The van der Waals surface area contributed by atoms with Crippen molar-refractivity contribution < 1.29 is 23.0 Å². The highest BCUT2D eigenvalue weighted by Crippen LogP contribution is 2.26. The van der Waals surface area contributed by atoms with Crippen LogP contribution in [0.15, 0.2) is 58.1 Å². The lowest BCUT2D eigenvalue weighted by Gasteiger charge is -2.16. The lowest BCUT2D eigenvalue weighted by Crippen LogP contribution is -2.43. The molecule has 3 aromatic rings. The Kier molecular flexibility index (Phi) is 6.66. The topological polar surface area (TPSA) is 98.4 Å². The van der Waals surface area contributed by atoms with Crippen LogP contribution in [0.2, 0.25) is 5.02 Å². The Labute approximate surface area is 178 Å². The zero-order chi connectivity index (χ0) is 22.6. The van der Waals surface area contributed by atoms with Crippen LogP contribution in [-0.4, -0.2) is 32.2 Å². The van der Waals surface area contributed by atoms with E-state index in [1.165, 1.54) is 12.1 Å². The third kappa shape index (κ3) is 5.86. The van der Waals surface area contributed by atoms with Gasteiger partial charge in [0.25, 0.3) is 0 Å². The molecule has 1 aromatic heterocycles. The Bertz CT molecular complexity index is 1180. The number of halogens is 4. The molecule has 2 N–H and O–H groups in total. The first kappa shape index (κ1) is 22.4. The molecule has 0 saturated heterocycles. The summed E-state index contributed by atoms with van der Waals surface area (Å²) in [6.45, 7) is -0.738. The van der Waals surface area contributed by atoms with Gasteiger partial charge in [0, 0.05) is 16.8 Å². The number of nitrogens with zero attached hydrogens (tertiary/aromatic N) is 3. The van der Waals surface area contributed by atoms with Crippen molar-refractivity contribution >= 4 is 23.2 Å². The summed E-state index contributed by atoms with van der Waals surface area (Å²) in [5, 5.41) is 12.3. The van der Waals surface area contributed by atoms with Gasteiger partial charge in [0.05, 0.1) is 19.7 Å². The van der Waals surface area contributed by atoms with Crippen molar-refractivity contribution in [2.45, 2.75) is 19.5 Å². The maximum atomic E-state index is 12.9. The van der Waals surface area contributed by atoms with Crippen LogP contribution in [-0.2, 0) is 13.1 Å². The summed E-state index contributed by atoms with van der Waals surface area (Å²) in [6, 6.07) is 11.4. The molecule has 0 aliphatic heterocycles. The number of aliphatic hydroxyl groups is 1. The summed E-state index contributed by atoms with van der Waals surface area (Å²) in [7, 11) is 0. The predicted molar refractivity (Wildman–Crippen MR) is 107 cm³/mol. The van der Waals surface area contributed by atoms with Gasteiger partial charge < -0.3 is 15.2 Å². The first-order valence-electron chi connectivity index (χ1n) is 8.86. The molecular formula is C19H16ClF3N4O4. The number of ether oxygens (including phenoxy) is 1. The van der Waals surface area contributed by atoms with Gasteiger partial charge >= 0.3 is 17.7 Å². The zero-order valence-corrected chi connectivity index (χ0v) is 16.5. The van der Waals surface area contributed by atoms with E-state index in [4.69, 9.17) is 16.7 Å². The van der Waals surface area contributed by atoms with Gasteiger partial charge in [-0.1, -0.05) is 29.8 Å². The summed E-state index contributed by atoms with van der Waals surface area (Å²) in [5.41, 5.74) is -0.914. The standard InChI is InChI=1S/C19H16ClF3N4O4/c20-13-6-4-12(5-7-13)11-27-16(25-17(29)26(8-9-28)18(27)30)24-14-2-1-3-15(10-14)31-19(21,22)23/h1-7,10,28H,8-9,11H2,(H,24,25,29). The third-order valence-corrected chi connectivity index (χ3v) is 4.30. The second-order valence-corrected chi connectivity index (χ2v) is 6.73. The van der Waals surface area contributed by atoms with E-state index in [0.29, 0.717) is 10.6 Å². The Morgan fingerprint density at radius 3 is 2.45 bits per heavy atom. The van der Waals surface area contributed by atoms with Crippen molar-refractivity contribution in [1.29, 1.82) is 0 Å². The SMILES string of the molecule is O=c1nc(Nc2cccc(OC(F)(F)F)c2)n(Cc2ccc(Cl)cc2)c(=O)n1CCO. The van der Waals surface area contributed by atoms with Crippen molar-refractivity contribution in [2.24, 2.45) is 0 Å². The molecule has 0 atom stereocenters. The Hall–Kier alpha value is -3.31. The van der Waals surface area contributed by atoms with Gasteiger partial charge in [-0.15, -0.1) is 13.2 Å². The van der Waals surface area contributed by atoms with E-state index in [1.54, 1.807) is 24.3 Å². The molecule has 0 aliphatic rings. The highest BCUT2D eigenvalue weighted by atomic mass is 35.5. The third-order valence-electron chi connectivity index (χ3n) is 4.05. The van der Waals surface area contributed by atoms with Crippen LogP contribution in [0, 0.1) is 0 Å². The number of aliphatic hydroxyl groups excluding tert-OH is 1. The molecule has 31 heavy (non-hydrogen) atoms. The van der Waals surface area contributed by atoms with Crippen molar-refractivity contribution in [3.05, 3.63) is 80.1 Å². The number of nitrogens with one attached hydrogen (secondary N) is 1. The molecule has 0 radical (unpaired) electrons. The maximum Gasteiger partial charge on any atom is 0.573 e. The van der Waals surface area contributed by atoms with Gasteiger partial charge in [0.1, 0.15) is 5.75 Å². The highest BCUT2D eigenvalue weighted by Gasteiger charge is 2.31. The summed E-state index contributed by atoms with van der Waals surface area (Å²) < 4.78 is 43.2. The van der Waals surface area contributed by atoms with Crippen LogP contribution >= 0.6 is 11.6 Å². The fraction of sp³-hybridized carbons (Fsp3) is 0.211. The normalized spacial score (nSPS) is 11.4. The summed E-state index contributed by atoms with van der Waals surface area (Å²) in [6.07, 6.45) is -4.88. The Morgan fingerprint density at radius 2 is 1.81 bits per heavy atom. The van der Waals surface area contributed by atoms with Crippen molar-refractivity contribution in [3.8, 4) is 5.75 Å². The molecule has 12 heteroatoms. The van der Waals surface area contributed by atoms with Crippen molar-refractivity contribution in [2.75, 3.05) is 11.9 Å². The van der Waals surface area contributed by atoms with Gasteiger partial charge in [-0.3, -0.25) is 4.57 Å². The first-order valence-corrected chi connectivity index (χ1v) is 9.24. The fourth-order valence-electron chi connectivity index (χ4n) is 2.73.